The van der Waals surface area contributed by atoms with Gasteiger partial charge in [-0.1, -0.05) is 5.16 Å². The molecule has 100 valence electrons. The second-order valence-corrected chi connectivity index (χ2v) is 4.36. The van der Waals surface area contributed by atoms with Crippen LogP contribution in [-0.4, -0.2) is 16.7 Å². The van der Waals surface area contributed by atoms with Gasteiger partial charge in [0.05, 0.1) is 6.04 Å². The van der Waals surface area contributed by atoms with Crippen molar-refractivity contribution in [3.63, 3.8) is 0 Å². The first kappa shape index (κ1) is 12.2. The van der Waals surface area contributed by atoms with Crippen molar-refractivity contribution in [1.29, 1.82) is 0 Å². The molecule has 7 heteroatoms. The fourth-order valence-electron chi connectivity index (χ4n) is 2.07. The smallest absolute Gasteiger partial charge is 0.244 e. The molecule has 0 saturated carbocycles. The molecule has 1 aliphatic heterocycles. The lowest BCUT2D eigenvalue weighted by atomic mass is 10.2. The molecule has 1 atom stereocenters. The second kappa shape index (κ2) is 4.65. The first-order chi connectivity index (χ1) is 9.15. The molecule has 1 saturated heterocycles. The Morgan fingerprint density at radius 3 is 2.58 bits per heavy atom. The van der Waals surface area contributed by atoms with E-state index in [1.165, 1.54) is 0 Å². The highest BCUT2D eigenvalue weighted by atomic mass is 19.2. The van der Waals surface area contributed by atoms with Crippen LogP contribution in [0.15, 0.2) is 16.7 Å². The number of benzene rings is 1. The summed E-state index contributed by atoms with van der Waals surface area (Å²) in [5, 5.41) is 6.83. The Morgan fingerprint density at radius 1 is 1.21 bits per heavy atom. The maximum Gasteiger partial charge on any atom is 0.244 e. The molecule has 0 radical (unpaired) electrons. The lowest BCUT2D eigenvalue weighted by Crippen LogP contribution is -2.12. The minimum absolute atomic E-state index is 0.0311. The summed E-state index contributed by atoms with van der Waals surface area (Å²) in [6, 6.07) is 1.65. The van der Waals surface area contributed by atoms with Crippen molar-refractivity contribution in [1.82, 2.24) is 15.5 Å². The van der Waals surface area contributed by atoms with Crippen molar-refractivity contribution >= 4 is 0 Å². The molecule has 1 N–H and O–H groups in total. The van der Waals surface area contributed by atoms with Crippen molar-refractivity contribution < 1.29 is 17.7 Å². The van der Waals surface area contributed by atoms with Gasteiger partial charge in [-0.25, -0.2) is 13.2 Å². The van der Waals surface area contributed by atoms with Gasteiger partial charge < -0.3 is 9.84 Å². The Hall–Kier alpha value is -1.89. The number of hydrogen-bond acceptors (Lipinski definition) is 4. The van der Waals surface area contributed by atoms with Crippen LogP contribution in [0.3, 0.4) is 0 Å². The Balaban J connectivity index is 1.94. The van der Waals surface area contributed by atoms with Crippen LogP contribution < -0.4 is 5.32 Å². The number of aromatic nitrogens is 2. The first-order valence-electron chi connectivity index (χ1n) is 5.87. The Bertz CT molecular complexity index is 585. The fraction of sp³-hybridized carbons (Fsp3) is 0.333. The molecule has 1 aromatic carbocycles. The van der Waals surface area contributed by atoms with Crippen molar-refractivity contribution in [3.05, 3.63) is 35.5 Å². The van der Waals surface area contributed by atoms with E-state index >= 15 is 0 Å². The van der Waals surface area contributed by atoms with E-state index in [1.54, 1.807) is 0 Å². The maximum atomic E-state index is 13.1. The summed E-state index contributed by atoms with van der Waals surface area (Å²) < 4.78 is 44.1. The van der Waals surface area contributed by atoms with E-state index in [4.69, 9.17) is 4.52 Å². The summed E-state index contributed by atoms with van der Waals surface area (Å²) in [6.45, 7) is 0.863. The molecule has 3 rings (SSSR count). The quantitative estimate of drug-likeness (QED) is 0.851. The normalized spacial score (nSPS) is 19.0. The molecule has 0 spiro atoms. The molecule has 0 unspecified atom stereocenters. The van der Waals surface area contributed by atoms with Gasteiger partial charge in [0.2, 0.25) is 11.7 Å². The zero-order valence-electron chi connectivity index (χ0n) is 9.79. The fourth-order valence-corrected chi connectivity index (χ4v) is 2.07. The van der Waals surface area contributed by atoms with E-state index in [1.807, 2.05) is 0 Å². The third-order valence-corrected chi connectivity index (χ3v) is 3.04. The molecule has 4 nitrogen and oxygen atoms in total. The summed E-state index contributed by atoms with van der Waals surface area (Å²) in [7, 11) is 0. The summed E-state index contributed by atoms with van der Waals surface area (Å²) >= 11 is 0. The summed E-state index contributed by atoms with van der Waals surface area (Å²) in [6.07, 6.45) is 1.87. The number of hydrogen-bond donors (Lipinski definition) is 1. The molecule has 1 aliphatic rings. The highest BCUT2D eigenvalue weighted by Gasteiger charge is 2.23. The van der Waals surface area contributed by atoms with Gasteiger partial charge >= 0.3 is 0 Å². The van der Waals surface area contributed by atoms with Crippen molar-refractivity contribution in [2.75, 3.05) is 6.54 Å². The van der Waals surface area contributed by atoms with Crippen LogP contribution in [0.5, 0.6) is 0 Å². The van der Waals surface area contributed by atoms with E-state index in [2.05, 4.69) is 15.5 Å². The minimum Gasteiger partial charge on any atom is -0.337 e. The maximum absolute atomic E-state index is 13.1. The van der Waals surface area contributed by atoms with Crippen LogP contribution in [-0.2, 0) is 0 Å². The van der Waals surface area contributed by atoms with Gasteiger partial charge in [0.15, 0.2) is 17.5 Å². The molecule has 0 bridgehead atoms. The average molecular weight is 269 g/mol. The molecule has 2 aromatic rings. The number of nitrogens with one attached hydrogen (secondary N) is 1. The molecule has 1 aromatic heterocycles. The van der Waals surface area contributed by atoms with E-state index in [0.717, 1.165) is 31.5 Å². The number of halogens is 3. The average Bonchev–Trinajstić information content (AvgIpc) is 3.05. The van der Waals surface area contributed by atoms with Crippen LogP contribution in [0, 0.1) is 17.5 Å². The van der Waals surface area contributed by atoms with Gasteiger partial charge in [0.1, 0.15) is 0 Å². The van der Waals surface area contributed by atoms with Gasteiger partial charge in [-0.15, -0.1) is 0 Å². The topological polar surface area (TPSA) is 51.0 Å². The lowest BCUT2D eigenvalue weighted by molar-refractivity contribution is 0.345. The Morgan fingerprint density at radius 2 is 1.95 bits per heavy atom. The Labute approximate surface area is 106 Å². The largest absolute Gasteiger partial charge is 0.337 e. The third-order valence-electron chi connectivity index (χ3n) is 3.04. The van der Waals surface area contributed by atoms with E-state index in [-0.39, 0.29) is 17.4 Å². The van der Waals surface area contributed by atoms with Gasteiger partial charge in [-0.3, -0.25) is 0 Å². The summed E-state index contributed by atoms with van der Waals surface area (Å²) in [5.41, 5.74) is 0.0457. The zero-order chi connectivity index (χ0) is 13.4. The van der Waals surface area contributed by atoms with Gasteiger partial charge in [0, 0.05) is 5.56 Å². The molecule has 0 amide bonds. The number of nitrogens with zero attached hydrogens (tertiary/aromatic N) is 2. The molecule has 0 aliphatic carbocycles. The van der Waals surface area contributed by atoms with Crippen LogP contribution in [0.4, 0.5) is 13.2 Å². The van der Waals surface area contributed by atoms with Gasteiger partial charge in [-0.05, 0) is 31.5 Å². The first-order valence-corrected chi connectivity index (χ1v) is 5.87. The van der Waals surface area contributed by atoms with Crippen molar-refractivity contribution in [2.24, 2.45) is 0 Å². The van der Waals surface area contributed by atoms with Crippen LogP contribution in [0.2, 0.25) is 0 Å². The monoisotopic (exact) mass is 269 g/mol. The summed E-state index contributed by atoms with van der Waals surface area (Å²) in [5.74, 6) is -3.65. The van der Waals surface area contributed by atoms with E-state index < -0.39 is 17.5 Å². The van der Waals surface area contributed by atoms with Crippen molar-refractivity contribution in [2.45, 2.75) is 18.9 Å². The summed E-state index contributed by atoms with van der Waals surface area (Å²) in [4.78, 5) is 4.08. The highest BCUT2D eigenvalue weighted by Crippen LogP contribution is 2.25. The lowest BCUT2D eigenvalue weighted by Gasteiger charge is -2.01. The van der Waals surface area contributed by atoms with Crippen LogP contribution in [0.25, 0.3) is 11.4 Å². The standard InChI is InChI=1S/C12H10F3N3O/c13-7-4-6(5-8(14)10(7)15)11-17-12(19-18-11)9-2-1-3-16-9/h4-5,9,16H,1-3H2/t9-/m1/s1. The minimum atomic E-state index is -1.51. The molecule has 2 heterocycles. The zero-order valence-corrected chi connectivity index (χ0v) is 9.79. The predicted molar refractivity (Wildman–Crippen MR) is 59.6 cm³/mol. The molecule has 1 fully saturated rings. The molecular weight excluding hydrogens is 259 g/mol. The Kier molecular flexibility index (Phi) is 2.98. The third kappa shape index (κ3) is 2.21. The highest BCUT2D eigenvalue weighted by molar-refractivity contribution is 5.54. The molecule has 19 heavy (non-hydrogen) atoms. The molecular formula is C12H10F3N3O. The number of rotatable bonds is 2. The van der Waals surface area contributed by atoms with Crippen LogP contribution in [0.1, 0.15) is 24.8 Å². The second-order valence-electron chi connectivity index (χ2n) is 4.36. The SMILES string of the molecule is Fc1cc(-c2noc([C@H]3CCCN3)n2)cc(F)c1F. The van der Waals surface area contributed by atoms with Crippen LogP contribution >= 0.6 is 0 Å². The van der Waals surface area contributed by atoms with Crippen molar-refractivity contribution in [3.8, 4) is 11.4 Å². The predicted octanol–water partition coefficient (Wildman–Crippen LogP) is 2.58. The van der Waals surface area contributed by atoms with Gasteiger partial charge in [0.25, 0.3) is 0 Å². The van der Waals surface area contributed by atoms with Gasteiger partial charge in [-0.2, -0.15) is 4.98 Å². The van der Waals surface area contributed by atoms with E-state index in [0.29, 0.717) is 5.89 Å². The van der Waals surface area contributed by atoms with E-state index in [9.17, 15) is 13.2 Å².